The number of esters is 1. The van der Waals surface area contributed by atoms with Gasteiger partial charge in [0.25, 0.3) is 0 Å². The molecule has 0 aromatic carbocycles. The standard InChI is InChI=1S/C63H119NO5/c1-3-5-7-9-11-13-15-17-18-19-20-23-26-29-32-35-39-43-47-51-55-61(66)60(59-65)64-62(67)56-52-48-44-40-36-33-30-27-24-21-22-25-28-31-34-38-42-46-50-54-58-69-63(68)57-53-49-45-41-37-16-14-12-10-8-6-4-2/h12,14,21,24,51,55,60-61,65-66H,3-11,13,15-20,22-23,25-50,52-54,56-59H2,1-2H3,(H,64,67)/b14-12-,24-21-,55-51+. The lowest BCUT2D eigenvalue weighted by Gasteiger charge is -2.20. The third kappa shape index (κ3) is 55.2. The second kappa shape index (κ2) is 58.6. The van der Waals surface area contributed by atoms with Crippen molar-refractivity contribution in [3.8, 4) is 0 Å². The van der Waals surface area contributed by atoms with Crippen LogP contribution in [0.4, 0.5) is 0 Å². The van der Waals surface area contributed by atoms with E-state index in [9.17, 15) is 19.8 Å². The van der Waals surface area contributed by atoms with Gasteiger partial charge in [-0.1, -0.05) is 269 Å². The normalized spacial score (nSPS) is 12.8. The molecule has 406 valence electrons. The van der Waals surface area contributed by atoms with Gasteiger partial charge in [0, 0.05) is 12.8 Å². The zero-order valence-corrected chi connectivity index (χ0v) is 46.3. The van der Waals surface area contributed by atoms with Gasteiger partial charge in [0.1, 0.15) is 0 Å². The smallest absolute Gasteiger partial charge is 0.305 e. The van der Waals surface area contributed by atoms with E-state index < -0.39 is 12.1 Å². The van der Waals surface area contributed by atoms with Gasteiger partial charge in [0.2, 0.25) is 5.91 Å². The molecule has 69 heavy (non-hydrogen) atoms. The summed E-state index contributed by atoms with van der Waals surface area (Å²) in [4.78, 5) is 24.5. The van der Waals surface area contributed by atoms with E-state index in [2.05, 4.69) is 43.5 Å². The molecule has 0 saturated heterocycles. The number of amides is 1. The summed E-state index contributed by atoms with van der Waals surface area (Å²) in [7, 11) is 0. The zero-order chi connectivity index (χ0) is 50.0. The van der Waals surface area contributed by atoms with E-state index in [0.717, 1.165) is 51.4 Å². The molecule has 0 saturated carbocycles. The summed E-state index contributed by atoms with van der Waals surface area (Å²) in [5.74, 6) is -0.0791. The quantitative estimate of drug-likeness (QED) is 0.0321. The first-order valence-corrected chi connectivity index (χ1v) is 30.8. The van der Waals surface area contributed by atoms with E-state index in [-0.39, 0.29) is 18.5 Å². The molecule has 0 radical (unpaired) electrons. The van der Waals surface area contributed by atoms with Crippen molar-refractivity contribution in [2.75, 3.05) is 13.2 Å². The van der Waals surface area contributed by atoms with Crippen molar-refractivity contribution < 1.29 is 24.5 Å². The van der Waals surface area contributed by atoms with Crippen LogP contribution in [-0.2, 0) is 14.3 Å². The molecule has 0 rings (SSSR count). The van der Waals surface area contributed by atoms with Crippen LogP contribution in [0.1, 0.15) is 328 Å². The largest absolute Gasteiger partial charge is 0.466 e. The van der Waals surface area contributed by atoms with Crippen LogP contribution in [0, 0.1) is 0 Å². The van der Waals surface area contributed by atoms with E-state index in [1.165, 1.54) is 250 Å². The van der Waals surface area contributed by atoms with Gasteiger partial charge in [-0.15, -0.1) is 0 Å². The van der Waals surface area contributed by atoms with E-state index >= 15 is 0 Å². The van der Waals surface area contributed by atoms with Gasteiger partial charge >= 0.3 is 5.97 Å². The van der Waals surface area contributed by atoms with Gasteiger partial charge in [-0.25, -0.2) is 0 Å². The van der Waals surface area contributed by atoms with Crippen LogP contribution in [0.15, 0.2) is 36.5 Å². The van der Waals surface area contributed by atoms with Gasteiger partial charge in [-0.05, 0) is 83.5 Å². The molecule has 0 aliphatic carbocycles. The van der Waals surface area contributed by atoms with Crippen molar-refractivity contribution in [1.82, 2.24) is 5.32 Å². The highest BCUT2D eigenvalue weighted by molar-refractivity contribution is 5.76. The molecule has 0 aromatic rings. The van der Waals surface area contributed by atoms with Crippen molar-refractivity contribution in [1.29, 1.82) is 0 Å². The molecule has 0 aromatic heterocycles. The summed E-state index contributed by atoms with van der Waals surface area (Å²) >= 11 is 0. The molecule has 0 aliphatic heterocycles. The molecule has 0 fully saturated rings. The number of allylic oxidation sites excluding steroid dienone is 5. The molecule has 0 spiro atoms. The molecule has 2 unspecified atom stereocenters. The minimum Gasteiger partial charge on any atom is -0.466 e. The van der Waals surface area contributed by atoms with Crippen molar-refractivity contribution >= 4 is 11.9 Å². The second-order valence-corrected chi connectivity index (χ2v) is 21.0. The van der Waals surface area contributed by atoms with Gasteiger partial charge in [0.05, 0.1) is 25.4 Å². The van der Waals surface area contributed by atoms with Crippen molar-refractivity contribution in [2.24, 2.45) is 0 Å². The van der Waals surface area contributed by atoms with Crippen LogP contribution in [-0.4, -0.2) is 47.4 Å². The first kappa shape index (κ1) is 67.1. The SMILES string of the molecule is CCCCC/C=C\CCCCCCCC(=O)OCCCCCCCCCCC/C=C\CCCCCCCCCC(=O)NC(CO)C(O)/C=C/CCCCCCCCCCCCCCCCCCCC. The molecule has 0 heterocycles. The minimum absolute atomic E-state index is 0.00454. The maximum atomic E-state index is 12.5. The molecular formula is C63H119NO5. The summed E-state index contributed by atoms with van der Waals surface area (Å²) in [6, 6.07) is -0.635. The Balaban J connectivity index is 3.48. The number of aliphatic hydroxyl groups is 2. The number of carbonyl (C=O) groups excluding carboxylic acids is 2. The molecule has 2 atom stereocenters. The Morgan fingerprint density at radius 2 is 0.681 bits per heavy atom. The van der Waals surface area contributed by atoms with Crippen LogP contribution in [0.25, 0.3) is 0 Å². The number of nitrogens with one attached hydrogen (secondary N) is 1. The molecular weight excluding hydrogens is 851 g/mol. The molecule has 6 nitrogen and oxygen atoms in total. The predicted octanol–water partition coefficient (Wildman–Crippen LogP) is 19.2. The van der Waals surface area contributed by atoms with Crippen LogP contribution in [0.5, 0.6) is 0 Å². The first-order valence-electron chi connectivity index (χ1n) is 30.8. The molecule has 0 aliphatic rings. The highest BCUT2D eigenvalue weighted by Gasteiger charge is 2.18. The Hall–Kier alpha value is -1.92. The second-order valence-electron chi connectivity index (χ2n) is 21.0. The topological polar surface area (TPSA) is 95.9 Å². The lowest BCUT2D eigenvalue weighted by atomic mass is 10.0. The van der Waals surface area contributed by atoms with E-state index in [1.54, 1.807) is 6.08 Å². The van der Waals surface area contributed by atoms with Gasteiger partial charge in [-0.3, -0.25) is 9.59 Å². The van der Waals surface area contributed by atoms with Crippen LogP contribution in [0.2, 0.25) is 0 Å². The maximum absolute atomic E-state index is 12.5. The lowest BCUT2D eigenvalue weighted by Crippen LogP contribution is -2.45. The lowest BCUT2D eigenvalue weighted by molar-refractivity contribution is -0.143. The molecule has 6 heteroatoms. The number of aliphatic hydroxyl groups excluding tert-OH is 2. The Labute approximate surface area is 430 Å². The fourth-order valence-electron chi connectivity index (χ4n) is 9.39. The summed E-state index contributed by atoms with van der Waals surface area (Å²) in [6.45, 7) is 4.88. The number of unbranched alkanes of at least 4 members (excludes halogenated alkanes) is 42. The third-order valence-electron chi connectivity index (χ3n) is 14.1. The number of ether oxygens (including phenoxy) is 1. The Bertz CT molecular complexity index is 1120. The highest BCUT2D eigenvalue weighted by Crippen LogP contribution is 2.17. The monoisotopic (exact) mass is 970 g/mol. The fourth-order valence-corrected chi connectivity index (χ4v) is 9.39. The first-order chi connectivity index (χ1) is 34.0. The summed E-state index contributed by atoms with van der Waals surface area (Å²) in [5.41, 5.74) is 0. The number of hydrogen-bond acceptors (Lipinski definition) is 5. The Morgan fingerprint density at radius 1 is 0.391 bits per heavy atom. The van der Waals surface area contributed by atoms with Crippen LogP contribution < -0.4 is 5.32 Å². The van der Waals surface area contributed by atoms with Gasteiger partial charge < -0.3 is 20.3 Å². The fraction of sp³-hybridized carbons (Fsp3) is 0.873. The van der Waals surface area contributed by atoms with Crippen molar-refractivity contribution in [3.05, 3.63) is 36.5 Å². The average molecular weight is 971 g/mol. The van der Waals surface area contributed by atoms with Crippen molar-refractivity contribution in [2.45, 2.75) is 341 Å². The van der Waals surface area contributed by atoms with E-state index in [1.807, 2.05) is 6.08 Å². The van der Waals surface area contributed by atoms with E-state index in [4.69, 9.17) is 4.74 Å². The molecule has 1 amide bonds. The van der Waals surface area contributed by atoms with E-state index in [0.29, 0.717) is 19.4 Å². The summed E-state index contributed by atoms with van der Waals surface area (Å²) in [6.07, 6.45) is 73.2. The Kier molecular flexibility index (Phi) is 57.0. The number of hydrogen-bond donors (Lipinski definition) is 3. The third-order valence-corrected chi connectivity index (χ3v) is 14.1. The van der Waals surface area contributed by atoms with Gasteiger partial charge in [0.15, 0.2) is 0 Å². The van der Waals surface area contributed by atoms with Crippen LogP contribution >= 0.6 is 0 Å². The molecule has 0 bridgehead atoms. The van der Waals surface area contributed by atoms with Crippen molar-refractivity contribution in [3.63, 3.8) is 0 Å². The summed E-state index contributed by atoms with van der Waals surface area (Å²) < 4.78 is 5.46. The van der Waals surface area contributed by atoms with Crippen LogP contribution in [0.3, 0.4) is 0 Å². The number of carbonyl (C=O) groups is 2. The maximum Gasteiger partial charge on any atom is 0.305 e. The summed E-state index contributed by atoms with van der Waals surface area (Å²) in [5, 5.41) is 23.2. The average Bonchev–Trinajstić information content (AvgIpc) is 3.35. The van der Waals surface area contributed by atoms with Gasteiger partial charge in [-0.2, -0.15) is 0 Å². The molecule has 3 N–H and O–H groups in total. The highest BCUT2D eigenvalue weighted by atomic mass is 16.5. The Morgan fingerprint density at radius 3 is 1.06 bits per heavy atom. The number of rotatable bonds is 57. The predicted molar refractivity (Wildman–Crippen MR) is 301 cm³/mol. The zero-order valence-electron chi connectivity index (χ0n) is 46.3. The minimum atomic E-state index is -0.851.